The number of nitrogens with zero attached hydrogens (tertiary/aromatic N) is 1. The minimum Gasteiger partial charge on any atom is -0.352 e. The normalized spacial score (nSPS) is 14.6. The standard InChI is InChI=1S/C30H33FN2O2/c1-22(30(35)32-27-14-8-9-15-27)33(21-23-16-18-26(31)19-17-23)29(34)20-28(24-10-4-2-5-11-24)25-12-6-3-7-13-25/h2-7,10-13,16-19,22,27-28H,8-9,14-15,20-21H2,1H3,(H,32,35). The quantitative estimate of drug-likeness (QED) is 0.426. The first-order chi connectivity index (χ1) is 17.0. The molecule has 1 fully saturated rings. The molecule has 3 aromatic carbocycles. The summed E-state index contributed by atoms with van der Waals surface area (Å²) in [6, 6.07) is 25.6. The van der Waals surface area contributed by atoms with Crippen molar-refractivity contribution in [1.82, 2.24) is 10.2 Å². The van der Waals surface area contributed by atoms with E-state index in [1.807, 2.05) is 60.7 Å². The number of benzene rings is 3. The molecule has 4 rings (SSSR count). The molecule has 0 heterocycles. The van der Waals surface area contributed by atoms with Gasteiger partial charge >= 0.3 is 0 Å². The third-order valence-electron chi connectivity index (χ3n) is 6.92. The molecule has 0 radical (unpaired) electrons. The number of hydrogen-bond acceptors (Lipinski definition) is 2. The minimum absolute atomic E-state index is 0.110. The highest BCUT2D eigenvalue weighted by molar-refractivity contribution is 5.88. The second kappa shape index (κ2) is 11.8. The first kappa shape index (κ1) is 24.6. The summed E-state index contributed by atoms with van der Waals surface area (Å²) in [7, 11) is 0. The molecule has 5 heteroatoms. The van der Waals surface area contributed by atoms with E-state index in [1.54, 1.807) is 24.0 Å². The second-order valence-corrected chi connectivity index (χ2v) is 9.39. The van der Waals surface area contributed by atoms with Gasteiger partial charge in [-0.1, -0.05) is 85.6 Å². The largest absolute Gasteiger partial charge is 0.352 e. The number of rotatable bonds is 9. The van der Waals surface area contributed by atoms with Crippen molar-refractivity contribution in [3.8, 4) is 0 Å². The number of carbonyl (C=O) groups is 2. The van der Waals surface area contributed by atoms with Crippen molar-refractivity contribution in [2.45, 2.75) is 63.6 Å². The summed E-state index contributed by atoms with van der Waals surface area (Å²) in [6.07, 6.45) is 4.43. The van der Waals surface area contributed by atoms with Crippen molar-refractivity contribution in [1.29, 1.82) is 0 Å². The van der Waals surface area contributed by atoms with Crippen molar-refractivity contribution < 1.29 is 14.0 Å². The van der Waals surface area contributed by atoms with E-state index in [4.69, 9.17) is 0 Å². The van der Waals surface area contributed by atoms with Gasteiger partial charge in [-0.25, -0.2) is 4.39 Å². The van der Waals surface area contributed by atoms with E-state index in [-0.39, 0.29) is 42.6 Å². The molecule has 182 valence electrons. The molecular formula is C30H33FN2O2. The van der Waals surface area contributed by atoms with Crippen LogP contribution in [0.4, 0.5) is 4.39 Å². The Labute approximate surface area is 207 Å². The Morgan fingerprint density at radius 1 is 0.886 bits per heavy atom. The first-order valence-electron chi connectivity index (χ1n) is 12.5. The molecule has 0 bridgehead atoms. The molecule has 0 spiro atoms. The zero-order valence-electron chi connectivity index (χ0n) is 20.2. The zero-order chi connectivity index (χ0) is 24.6. The molecule has 0 aliphatic heterocycles. The lowest BCUT2D eigenvalue weighted by molar-refractivity contribution is -0.141. The van der Waals surface area contributed by atoms with E-state index in [9.17, 15) is 14.0 Å². The van der Waals surface area contributed by atoms with Gasteiger partial charge in [0.05, 0.1) is 0 Å². The van der Waals surface area contributed by atoms with Gasteiger partial charge in [-0.15, -0.1) is 0 Å². The molecule has 1 atom stereocenters. The van der Waals surface area contributed by atoms with Gasteiger partial charge in [0, 0.05) is 24.9 Å². The third kappa shape index (κ3) is 6.56. The molecule has 1 aliphatic rings. The van der Waals surface area contributed by atoms with E-state index in [0.717, 1.165) is 42.4 Å². The fourth-order valence-electron chi connectivity index (χ4n) is 4.85. The van der Waals surface area contributed by atoms with Crippen LogP contribution in [-0.4, -0.2) is 28.8 Å². The van der Waals surface area contributed by atoms with Gasteiger partial charge in [-0.3, -0.25) is 9.59 Å². The first-order valence-corrected chi connectivity index (χ1v) is 12.5. The molecule has 3 aromatic rings. The molecule has 0 saturated heterocycles. The lowest BCUT2D eigenvalue weighted by Gasteiger charge is -2.31. The summed E-state index contributed by atoms with van der Waals surface area (Å²) in [5.41, 5.74) is 2.89. The maximum absolute atomic E-state index is 13.8. The molecule has 1 unspecified atom stereocenters. The summed E-state index contributed by atoms with van der Waals surface area (Å²) >= 11 is 0. The van der Waals surface area contributed by atoms with Crippen LogP contribution in [0.25, 0.3) is 0 Å². The summed E-state index contributed by atoms with van der Waals surface area (Å²) < 4.78 is 13.5. The number of nitrogens with one attached hydrogen (secondary N) is 1. The van der Waals surface area contributed by atoms with Gasteiger partial charge in [0.1, 0.15) is 11.9 Å². The Morgan fingerprint density at radius 3 is 1.97 bits per heavy atom. The summed E-state index contributed by atoms with van der Waals surface area (Å²) in [5.74, 6) is -0.706. The molecule has 4 nitrogen and oxygen atoms in total. The molecule has 1 N–H and O–H groups in total. The highest BCUT2D eigenvalue weighted by Crippen LogP contribution is 2.29. The van der Waals surface area contributed by atoms with Crippen LogP contribution in [0.5, 0.6) is 0 Å². The lowest BCUT2D eigenvalue weighted by Crippen LogP contribution is -2.49. The summed E-state index contributed by atoms with van der Waals surface area (Å²) in [6.45, 7) is 2.03. The Hall–Kier alpha value is -3.47. The van der Waals surface area contributed by atoms with E-state index in [1.165, 1.54) is 12.1 Å². The molecule has 1 aliphatic carbocycles. The fraction of sp³-hybridized carbons (Fsp3) is 0.333. The topological polar surface area (TPSA) is 49.4 Å². The van der Waals surface area contributed by atoms with Gasteiger partial charge in [-0.05, 0) is 48.6 Å². The van der Waals surface area contributed by atoms with Gasteiger partial charge < -0.3 is 10.2 Å². The molecule has 1 saturated carbocycles. The minimum atomic E-state index is -0.639. The number of amides is 2. The van der Waals surface area contributed by atoms with Crippen LogP contribution in [0.2, 0.25) is 0 Å². The Kier molecular flexibility index (Phi) is 8.30. The van der Waals surface area contributed by atoms with E-state index < -0.39 is 6.04 Å². The van der Waals surface area contributed by atoms with Crippen LogP contribution in [0.1, 0.15) is 61.6 Å². The Balaban J connectivity index is 1.59. The fourth-order valence-corrected chi connectivity index (χ4v) is 4.85. The zero-order valence-corrected chi connectivity index (χ0v) is 20.2. The number of carbonyl (C=O) groups excluding carboxylic acids is 2. The SMILES string of the molecule is CC(C(=O)NC1CCCC1)N(Cc1ccc(F)cc1)C(=O)CC(c1ccccc1)c1ccccc1. The molecule has 2 amide bonds. The van der Waals surface area contributed by atoms with Crippen molar-refractivity contribution in [2.75, 3.05) is 0 Å². The van der Waals surface area contributed by atoms with Crippen LogP contribution in [0, 0.1) is 5.82 Å². The predicted molar refractivity (Wildman–Crippen MR) is 136 cm³/mol. The van der Waals surface area contributed by atoms with Gasteiger partial charge in [0.25, 0.3) is 0 Å². The molecule has 0 aromatic heterocycles. The highest BCUT2D eigenvalue weighted by atomic mass is 19.1. The summed E-state index contributed by atoms with van der Waals surface area (Å²) in [4.78, 5) is 28.6. The van der Waals surface area contributed by atoms with Gasteiger partial charge in [0.15, 0.2) is 0 Å². The van der Waals surface area contributed by atoms with E-state index in [2.05, 4.69) is 5.32 Å². The predicted octanol–water partition coefficient (Wildman–Crippen LogP) is 5.82. The molecular weight excluding hydrogens is 439 g/mol. The van der Waals surface area contributed by atoms with E-state index >= 15 is 0 Å². The van der Waals surface area contributed by atoms with Crippen LogP contribution < -0.4 is 5.32 Å². The van der Waals surface area contributed by atoms with Gasteiger partial charge in [-0.2, -0.15) is 0 Å². The second-order valence-electron chi connectivity index (χ2n) is 9.39. The Bertz CT molecular complexity index is 1060. The smallest absolute Gasteiger partial charge is 0.242 e. The average Bonchev–Trinajstić information content (AvgIpc) is 3.40. The average molecular weight is 473 g/mol. The highest BCUT2D eigenvalue weighted by Gasteiger charge is 2.30. The van der Waals surface area contributed by atoms with Crippen molar-refractivity contribution in [2.24, 2.45) is 0 Å². The van der Waals surface area contributed by atoms with Crippen LogP contribution in [-0.2, 0) is 16.1 Å². The van der Waals surface area contributed by atoms with Gasteiger partial charge in [0.2, 0.25) is 11.8 Å². The maximum Gasteiger partial charge on any atom is 0.242 e. The van der Waals surface area contributed by atoms with Crippen molar-refractivity contribution >= 4 is 11.8 Å². The monoisotopic (exact) mass is 472 g/mol. The number of hydrogen-bond donors (Lipinski definition) is 1. The molecule has 35 heavy (non-hydrogen) atoms. The maximum atomic E-state index is 13.8. The number of halogens is 1. The van der Waals surface area contributed by atoms with E-state index in [0.29, 0.717) is 0 Å². The van der Waals surface area contributed by atoms with Crippen LogP contribution in [0.3, 0.4) is 0 Å². The van der Waals surface area contributed by atoms with Crippen molar-refractivity contribution in [3.63, 3.8) is 0 Å². The van der Waals surface area contributed by atoms with Crippen LogP contribution in [0.15, 0.2) is 84.9 Å². The Morgan fingerprint density at radius 2 is 1.43 bits per heavy atom. The van der Waals surface area contributed by atoms with Crippen molar-refractivity contribution in [3.05, 3.63) is 107 Å². The van der Waals surface area contributed by atoms with Crippen LogP contribution >= 0.6 is 0 Å². The third-order valence-corrected chi connectivity index (χ3v) is 6.92. The lowest BCUT2D eigenvalue weighted by atomic mass is 9.88. The summed E-state index contributed by atoms with van der Waals surface area (Å²) in [5, 5.41) is 3.13.